The number of hydrogen-bond donors (Lipinski definition) is 2. The van der Waals surface area contributed by atoms with Crippen LogP contribution >= 0.6 is 11.3 Å². The average molecular weight is 382 g/mol. The van der Waals surface area contributed by atoms with E-state index in [4.69, 9.17) is 0 Å². The standard InChI is InChI=1S/C15H14N2O6S2/c1-23-15(20)17-13(19)11-7-8-24-14(11)16-12(18)9-3-5-10(6-4-9)25(2,21)22/h3-8H,1-2H3,(H,16,18)(H,17,19,20). The minimum absolute atomic E-state index is 0.0957. The lowest BCUT2D eigenvalue weighted by molar-refractivity contribution is 0.0938. The molecule has 2 N–H and O–H groups in total. The van der Waals surface area contributed by atoms with Gasteiger partial charge in [-0.2, -0.15) is 0 Å². The van der Waals surface area contributed by atoms with Crippen LogP contribution in [-0.2, 0) is 14.6 Å². The molecule has 10 heteroatoms. The van der Waals surface area contributed by atoms with Gasteiger partial charge >= 0.3 is 6.09 Å². The quantitative estimate of drug-likeness (QED) is 0.834. The van der Waals surface area contributed by atoms with E-state index in [1.165, 1.54) is 30.3 Å². The molecule has 0 bridgehead atoms. The first kappa shape index (κ1) is 18.6. The third-order valence-electron chi connectivity index (χ3n) is 3.08. The van der Waals surface area contributed by atoms with Gasteiger partial charge in [-0.1, -0.05) is 0 Å². The molecule has 2 aromatic rings. The van der Waals surface area contributed by atoms with Gasteiger partial charge in [0.1, 0.15) is 5.00 Å². The first-order valence-electron chi connectivity index (χ1n) is 6.80. The number of rotatable bonds is 4. The third kappa shape index (κ3) is 4.64. The molecule has 0 atom stereocenters. The summed E-state index contributed by atoms with van der Waals surface area (Å²) >= 11 is 1.10. The van der Waals surface area contributed by atoms with Crippen molar-refractivity contribution in [2.24, 2.45) is 0 Å². The molecule has 0 aliphatic carbocycles. The van der Waals surface area contributed by atoms with Crippen molar-refractivity contribution >= 4 is 44.1 Å². The number of ether oxygens (including phenoxy) is 1. The molecule has 0 saturated heterocycles. The number of carbonyl (C=O) groups is 3. The Morgan fingerprint density at radius 1 is 1.04 bits per heavy atom. The van der Waals surface area contributed by atoms with Gasteiger partial charge in [0.2, 0.25) is 0 Å². The zero-order valence-corrected chi connectivity index (χ0v) is 14.9. The summed E-state index contributed by atoms with van der Waals surface area (Å²) in [5.41, 5.74) is 0.330. The Bertz CT molecular complexity index is 916. The molecule has 0 fully saturated rings. The first-order valence-corrected chi connectivity index (χ1v) is 9.57. The van der Waals surface area contributed by atoms with E-state index < -0.39 is 27.7 Å². The van der Waals surface area contributed by atoms with Crippen LogP contribution in [0, 0.1) is 0 Å². The molecule has 1 aromatic carbocycles. The molecule has 0 radical (unpaired) electrons. The summed E-state index contributed by atoms with van der Waals surface area (Å²) in [6.45, 7) is 0. The molecule has 0 aliphatic rings. The van der Waals surface area contributed by atoms with Gasteiger partial charge in [-0.15, -0.1) is 11.3 Å². The zero-order valence-electron chi connectivity index (χ0n) is 13.2. The smallest absolute Gasteiger partial charge is 0.413 e. The molecule has 8 nitrogen and oxygen atoms in total. The molecule has 132 valence electrons. The van der Waals surface area contributed by atoms with Gasteiger partial charge in [-0.25, -0.2) is 13.2 Å². The monoisotopic (exact) mass is 382 g/mol. The van der Waals surface area contributed by atoms with E-state index in [-0.39, 0.29) is 21.0 Å². The second-order valence-corrected chi connectivity index (χ2v) is 7.79. The van der Waals surface area contributed by atoms with Crippen LogP contribution in [0.2, 0.25) is 0 Å². The maximum atomic E-state index is 12.2. The van der Waals surface area contributed by atoms with E-state index in [9.17, 15) is 22.8 Å². The van der Waals surface area contributed by atoms with Crippen molar-refractivity contribution in [2.75, 3.05) is 18.7 Å². The van der Waals surface area contributed by atoms with E-state index in [1.54, 1.807) is 5.38 Å². The number of hydrogen-bond acceptors (Lipinski definition) is 7. The molecule has 0 unspecified atom stereocenters. The third-order valence-corrected chi connectivity index (χ3v) is 5.04. The number of alkyl carbamates (subject to hydrolysis) is 1. The maximum Gasteiger partial charge on any atom is 0.413 e. The summed E-state index contributed by atoms with van der Waals surface area (Å²) in [7, 11) is -2.23. The van der Waals surface area contributed by atoms with Crippen molar-refractivity contribution in [3.63, 3.8) is 0 Å². The van der Waals surface area contributed by atoms with E-state index >= 15 is 0 Å². The normalized spacial score (nSPS) is 10.8. The fourth-order valence-electron chi connectivity index (χ4n) is 1.82. The summed E-state index contributed by atoms with van der Waals surface area (Å²) in [5, 5.41) is 6.38. The van der Waals surface area contributed by atoms with Crippen LogP contribution in [0.1, 0.15) is 20.7 Å². The van der Waals surface area contributed by atoms with Gasteiger partial charge < -0.3 is 10.1 Å². The summed E-state index contributed by atoms with van der Waals surface area (Å²) in [5.74, 6) is -1.23. The number of imide groups is 1. The molecule has 1 heterocycles. The highest BCUT2D eigenvalue weighted by molar-refractivity contribution is 7.90. The number of thiophene rings is 1. The Kier molecular flexibility index (Phi) is 5.55. The second-order valence-electron chi connectivity index (χ2n) is 4.86. The Morgan fingerprint density at radius 2 is 1.68 bits per heavy atom. The van der Waals surface area contributed by atoms with Crippen molar-refractivity contribution < 1.29 is 27.5 Å². The molecule has 3 amide bonds. The lowest BCUT2D eigenvalue weighted by Gasteiger charge is -2.07. The van der Waals surface area contributed by atoms with Crippen LogP contribution in [0.25, 0.3) is 0 Å². The Morgan fingerprint density at radius 3 is 2.24 bits per heavy atom. The van der Waals surface area contributed by atoms with Gasteiger partial charge in [-0.3, -0.25) is 14.9 Å². The van der Waals surface area contributed by atoms with Crippen molar-refractivity contribution in [2.45, 2.75) is 4.90 Å². The number of amides is 3. The van der Waals surface area contributed by atoms with Crippen LogP contribution in [0.3, 0.4) is 0 Å². The highest BCUT2D eigenvalue weighted by Crippen LogP contribution is 2.24. The van der Waals surface area contributed by atoms with Gasteiger partial charge in [0.05, 0.1) is 17.6 Å². The Balaban J connectivity index is 2.15. The molecule has 1 aromatic heterocycles. The molecule has 2 rings (SSSR count). The molecule has 0 aliphatic heterocycles. The van der Waals surface area contributed by atoms with Crippen molar-refractivity contribution in [3.8, 4) is 0 Å². The molecule has 25 heavy (non-hydrogen) atoms. The highest BCUT2D eigenvalue weighted by atomic mass is 32.2. The molecule has 0 saturated carbocycles. The summed E-state index contributed by atoms with van der Waals surface area (Å²) in [6.07, 6.45) is 0.157. The van der Waals surface area contributed by atoms with Crippen molar-refractivity contribution in [3.05, 3.63) is 46.8 Å². The topological polar surface area (TPSA) is 119 Å². The van der Waals surface area contributed by atoms with Crippen LogP contribution < -0.4 is 10.6 Å². The summed E-state index contributed by atoms with van der Waals surface area (Å²) in [6, 6.07) is 6.83. The van der Waals surface area contributed by atoms with Crippen LogP contribution in [-0.4, -0.2) is 39.7 Å². The predicted octanol–water partition coefficient (Wildman–Crippen LogP) is 1.90. The largest absolute Gasteiger partial charge is 0.453 e. The van der Waals surface area contributed by atoms with Crippen molar-refractivity contribution in [1.29, 1.82) is 0 Å². The SMILES string of the molecule is COC(=O)NC(=O)c1ccsc1NC(=O)c1ccc(S(C)(=O)=O)cc1. The van der Waals surface area contributed by atoms with Crippen LogP contribution in [0.5, 0.6) is 0 Å². The number of benzene rings is 1. The molecule has 0 spiro atoms. The van der Waals surface area contributed by atoms with Gasteiger partial charge in [0, 0.05) is 11.8 Å². The van der Waals surface area contributed by atoms with E-state index in [0.29, 0.717) is 0 Å². The van der Waals surface area contributed by atoms with Crippen molar-refractivity contribution in [1.82, 2.24) is 5.32 Å². The number of sulfone groups is 1. The molecular weight excluding hydrogens is 368 g/mol. The fraction of sp³-hybridized carbons (Fsp3) is 0.133. The second kappa shape index (κ2) is 7.45. The van der Waals surface area contributed by atoms with Crippen LogP contribution in [0.15, 0.2) is 40.6 Å². The van der Waals surface area contributed by atoms with E-state index in [2.05, 4.69) is 10.1 Å². The minimum atomic E-state index is -3.35. The van der Waals surface area contributed by atoms with Gasteiger partial charge in [0.15, 0.2) is 9.84 Å². The van der Waals surface area contributed by atoms with E-state index in [0.717, 1.165) is 24.7 Å². The first-order chi connectivity index (χ1) is 11.7. The Labute approximate surface area is 147 Å². The van der Waals surface area contributed by atoms with E-state index in [1.807, 2.05) is 5.32 Å². The number of methoxy groups -OCH3 is 1. The average Bonchev–Trinajstić information content (AvgIpc) is 3.02. The predicted molar refractivity (Wildman–Crippen MR) is 91.7 cm³/mol. The van der Waals surface area contributed by atoms with Gasteiger partial charge in [-0.05, 0) is 35.7 Å². The van der Waals surface area contributed by atoms with Gasteiger partial charge in [0.25, 0.3) is 11.8 Å². The van der Waals surface area contributed by atoms with Crippen LogP contribution in [0.4, 0.5) is 9.80 Å². The summed E-state index contributed by atoms with van der Waals surface area (Å²) in [4.78, 5) is 35.4. The number of nitrogens with one attached hydrogen (secondary N) is 2. The minimum Gasteiger partial charge on any atom is -0.453 e. The maximum absolute atomic E-state index is 12.2. The number of anilines is 1. The lowest BCUT2D eigenvalue weighted by Crippen LogP contribution is -2.30. The highest BCUT2D eigenvalue weighted by Gasteiger charge is 2.18. The lowest BCUT2D eigenvalue weighted by atomic mass is 10.2. The zero-order chi connectivity index (χ0) is 18.6. The molecular formula is C15H14N2O6S2. The Hall–Kier alpha value is -2.72. The fourth-order valence-corrected chi connectivity index (χ4v) is 3.23. The number of carbonyl (C=O) groups excluding carboxylic acids is 3. The summed E-state index contributed by atoms with van der Waals surface area (Å²) < 4.78 is 27.2.